The van der Waals surface area contributed by atoms with Crippen LogP contribution >= 0.6 is 11.6 Å². The molecule has 0 bridgehead atoms. The summed E-state index contributed by atoms with van der Waals surface area (Å²) in [6, 6.07) is 8.27. The van der Waals surface area contributed by atoms with E-state index in [2.05, 4.69) is 15.3 Å². The molecule has 0 spiro atoms. The zero-order valence-electron chi connectivity index (χ0n) is 17.5. The molecule has 33 heavy (non-hydrogen) atoms. The van der Waals surface area contributed by atoms with Crippen molar-refractivity contribution in [2.75, 3.05) is 31.7 Å². The summed E-state index contributed by atoms with van der Waals surface area (Å²) in [5.41, 5.74) is 1.01. The zero-order valence-corrected chi connectivity index (χ0v) is 18.3. The second-order valence-electron chi connectivity index (χ2n) is 7.79. The fraction of sp³-hybridized carbons (Fsp3) is 0.364. The number of benzene rings is 2. The molecule has 2 atom stereocenters. The van der Waals surface area contributed by atoms with Gasteiger partial charge in [0.25, 0.3) is 0 Å². The Morgan fingerprint density at radius 1 is 1.03 bits per heavy atom. The maximum atomic E-state index is 11.7. The average Bonchev–Trinajstić information content (AvgIpc) is 3.50. The van der Waals surface area contributed by atoms with Crippen molar-refractivity contribution >= 4 is 39.7 Å². The van der Waals surface area contributed by atoms with Crippen molar-refractivity contribution in [1.82, 2.24) is 9.97 Å². The van der Waals surface area contributed by atoms with Gasteiger partial charge in [0.1, 0.15) is 30.1 Å². The Morgan fingerprint density at radius 2 is 1.76 bits per heavy atom. The van der Waals surface area contributed by atoms with E-state index >= 15 is 0 Å². The summed E-state index contributed by atoms with van der Waals surface area (Å²) in [6.07, 6.45) is 2.65. The van der Waals surface area contributed by atoms with E-state index in [1.54, 1.807) is 24.3 Å². The number of nitro groups is 1. The van der Waals surface area contributed by atoms with Gasteiger partial charge in [-0.15, -0.1) is 0 Å². The molecule has 0 aliphatic carbocycles. The Balaban J connectivity index is 1.42. The van der Waals surface area contributed by atoms with E-state index in [9.17, 15) is 10.1 Å². The highest BCUT2D eigenvalue weighted by molar-refractivity contribution is 6.32. The van der Waals surface area contributed by atoms with Gasteiger partial charge >= 0.3 is 5.69 Å². The van der Waals surface area contributed by atoms with Crippen molar-refractivity contribution in [3.8, 4) is 11.5 Å². The normalized spacial score (nSPS) is 20.2. The Morgan fingerprint density at radius 3 is 2.39 bits per heavy atom. The van der Waals surface area contributed by atoms with Crippen LogP contribution in [0.4, 0.5) is 17.2 Å². The Labute approximate surface area is 193 Å². The predicted octanol–water partition coefficient (Wildman–Crippen LogP) is 4.27. The number of rotatable bonds is 7. The van der Waals surface area contributed by atoms with Gasteiger partial charge in [0, 0.05) is 30.7 Å². The van der Waals surface area contributed by atoms with E-state index in [-0.39, 0.29) is 23.6 Å². The lowest BCUT2D eigenvalue weighted by Crippen LogP contribution is -2.16. The molecule has 11 heteroatoms. The number of hydrogen-bond acceptors (Lipinski definition) is 9. The first-order valence-corrected chi connectivity index (χ1v) is 10.9. The summed E-state index contributed by atoms with van der Waals surface area (Å²) in [7, 11) is 0. The lowest BCUT2D eigenvalue weighted by molar-refractivity contribution is -0.385. The molecule has 2 fully saturated rings. The number of ether oxygens (including phenoxy) is 4. The third-order valence-corrected chi connectivity index (χ3v) is 5.77. The predicted molar refractivity (Wildman–Crippen MR) is 121 cm³/mol. The van der Waals surface area contributed by atoms with Crippen LogP contribution in [-0.2, 0) is 9.47 Å². The van der Waals surface area contributed by atoms with Crippen LogP contribution in [0.5, 0.6) is 11.5 Å². The average molecular weight is 473 g/mol. The van der Waals surface area contributed by atoms with Gasteiger partial charge in [-0.2, -0.15) is 0 Å². The van der Waals surface area contributed by atoms with Crippen molar-refractivity contribution in [2.24, 2.45) is 0 Å². The number of nitrogens with zero attached hydrogens (tertiary/aromatic N) is 3. The molecule has 2 aliphatic heterocycles. The standard InChI is InChI=1S/C22H21ClN4O6/c23-17-7-13(1-2-20(17)32-14-3-5-30-10-14)26-22-16-8-19(27(28)29)21(9-18(16)24-12-25-22)33-15-4-6-31-11-15/h1-2,7-9,12,14-15H,3-6,10-11H2,(H,24,25,26)/t14-,15-/m1/s1. The monoisotopic (exact) mass is 472 g/mol. The number of aromatic nitrogens is 2. The molecule has 10 nitrogen and oxygen atoms in total. The van der Waals surface area contributed by atoms with Crippen LogP contribution in [0.25, 0.3) is 10.9 Å². The highest BCUT2D eigenvalue weighted by Crippen LogP contribution is 2.36. The third kappa shape index (κ3) is 4.77. The van der Waals surface area contributed by atoms with E-state index in [0.717, 1.165) is 6.42 Å². The summed E-state index contributed by atoms with van der Waals surface area (Å²) >= 11 is 6.41. The second kappa shape index (κ2) is 9.34. The summed E-state index contributed by atoms with van der Waals surface area (Å²) in [4.78, 5) is 19.8. The summed E-state index contributed by atoms with van der Waals surface area (Å²) in [5.74, 6) is 1.14. The van der Waals surface area contributed by atoms with Crippen LogP contribution in [0.1, 0.15) is 12.8 Å². The van der Waals surface area contributed by atoms with Crippen molar-refractivity contribution < 1.29 is 23.9 Å². The summed E-state index contributed by atoms with van der Waals surface area (Å²) < 4.78 is 22.3. The smallest absolute Gasteiger partial charge is 0.311 e. The molecule has 2 saturated heterocycles. The molecular weight excluding hydrogens is 452 g/mol. The van der Waals surface area contributed by atoms with Gasteiger partial charge in [0.2, 0.25) is 0 Å². The SMILES string of the molecule is O=[N+]([O-])c1cc2c(Nc3ccc(O[C@@H]4CCOC4)c(Cl)c3)ncnc2cc1O[C@@H]1CCOC1. The van der Waals surface area contributed by atoms with Crippen LogP contribution in [0.15, 0.2) is 36.7 Å². The first kappa shape index (κ1) is 21.6. The van der Waals surface area contributed by atoms with Gasteiger partial charge in [-0.25, -0.2) is 9.97 Å². The minimum absolute atomic E-state index is 0.0140. The number of fused-ring (bicyclic) bond motifs is 1. The fourth-order valence-electron chi connectivity index (χ4n) is 3.79. The third-order valence-electron chi connectivity index (χ3n) is 5.47. The summed E-state index contributed by atoms with van der Waals surface area (Å²) in [6.45, 7) is 2.20. The molecule has 5 rings (SSSR count). The molecule has 1 aromatic heterocycles. The lowest BCUT2D eigenvalue weighted by Gasteiger charge is -2.15. The minimum Gasteiger partial charge on any atom is -0.486 e. The van der Waals surface area contributed by atoms with Gasteiger partial charge in [-0.1, -0.05) is 11.6 Å². The Bertz CT molecular complexity index is 1180. The van der Waals surface area contributed by atoms with Gasteiger partial charge in [0.15, 0.2) is 5.75 Å². The maximum Gasteiger partial charge on any atom is 0.311 e. The number of halogens is 1. The number of hydrogen-bond donors (Lipinski definition) is 1. The Kier molecular flexibility index (Phi) is 6.12. The van der Waals surface area contributed by atoms with Gasteiger partial charge < -0.3 is 24.3 Å². The second-order valence-corrected chi connectivity index (χ2v) is 8.20. The van der Waals surface area contributed by atoms with Gasteiger partial charge in [0.05, 0.1) is 47.3 Å². The van der Waals surface area contributed by atoms with E-state index in [4.69, 9.17) is 30.5 Å². The first-order chi connectivity index (χ1) is 16.1. The van der Waals surface area contributed by atoms with Crippen molar-refractivity contribution in [1.29, 1.82) is 0 Å². The van der Waals surface area contributed by atoms with Gasteiger partial charge in [-0.05, 0) is 18.2 Å². The first-order valence-electron chi connectivity index (χ1n) is 10.6. The van der Waals surface area contributed by atoms with E-state index in [1.807, 2.05) is 0 Å². The lowest BCUT2D eigenvalue weighted by atomic mass is 10.2. The maximum absolute atomic E-state index is 11.7. The van der Waals surface area contributed by atoms with Crippen LogP contribution < -0.4 is 14.8 Å². The van der Waals surface area contributed by atoms with Crippen LogP contribution in [0, 0.1) is 10.1 Å². The zero-order chi connectivity index (χ0) is 22.8. The van der Waals surface area contributed by atoms with Crippen molar-refractivity contribution in [3.05, 3.63) is 51.8 Å². The van der Waals surface area contributed by atoms with E-state index in [1.165, 1.54) is 12.4 Å². The molecule has 3 aromatic rings. The highest BCUT2D eigenvalue weighted by atomic mass is 35.5. The molecule has 2 aliphatic rings. The Hall–Kier alpha value is -3.21. The quantitative estimate of drug-likeness (QED) is 0.397. The molecular formula is C22H21ClN4O6. The van der Waals surface area contributed by atoms with E-state index in [0.29, 0.717) is 66.0 Å². The van der Waals surface area contributed by atoms with Crippen LogP contribution in [0.3, 0.4) is 0 Å². The van der Waals surface area contributed by atoms with Crippen LogP contribution in [0.2, 0.25) is 5.02 Å². The number of nitrogens with one attached hydrogen (secondary N) is 1. The molecule has 3 heterocycles. The minimum atomic E-state index is -0.475. The topological polar surface area (TPSA) is 118 Å². The molecule has 0 radical (unpaired) electrons. The van der Waals surface area contributed by atoms with Crippen molar-refractivity contribution in [3.63, 3.8) is 0 Å². The largest absolute Gasteiger partial charge is 0.486 e. The van der Waals surface area contributed by atoms with E-state index < -0.39 is 4.92 Å². The fourth-order valence-corrected chi connectivity index (χ4v) is 4.02. The molecule has 0 saturated carbocycles. The highest BCUT2D eigenvalue weighted by Gasteiger charge is 2.25. The molecule has 2 aromatic carbocycles. The van der Waals surface area contributed by atoms with Crippen molar-refractivity contribution in [2.45, 2.75) is 25.0 Å². The molecule has 172 valence electrons. The number of nitro benzene ring substituents is 1. The van der Waals surface area contributed by atoms with Gasteiger partial charge in [-0.3, -0.25) is 10.1 Å². The number of anilines is 2. The summed E-state index contributed by atoms with van der Waals surface area (Å²) in [5, 5.41) is 15.8. The molecule has 0 unspecified atom stereocenters. The molecule has 1 N–H and O–H groups in total. The molecule has 0 amide bonds. The van der Waals surface area contributed by atoms with Crippen LogP contribution in [-0.4, -0.2) is 53.5 Å².